The van der Waals surface area contributed by atoms with Crippen molar-refractivity contribution in [2.45, 2.75) is 431 Å². The molecule has 2 atom stereocenters. The van der Waals surface area contributed by atoms with Crippen LogP contribution in [-0.4, -0.2) is 70.0 Å². The van der Waals surface area contributed by atoms with Crippen molar-refractivity contribution in [1.82, 2.24) is 0 Å². The summed E-state index contributed by atoms with van der Waals surface area (Å²) in [5.41, 5.74) is 0. The zero-order valence-corrected chi connectivity index (χ0v) is 63.2. The first-order chi connectivity index (χ1) is 45.0. The Morgan fingerprint density at radius 3 is 0.870 bits per heavy atom. The average molecular weight is 1320 g/mol. The van der Waals surface area contributed by atoms with Crippen molar-refractivity contribution >= 4 is 19.8 Å². The van der Waals surface area contributed by atoms with Gasteiger partial charge in [0.1, 0.15) is 19.8 Å². The topological polar surface area (TPSA) is 111 Å². The molecule has 544 valence electrons. The summed E-state index contributed by atoms with van der Waals surface area (Å²) in [6.07, 6.45) is 95.7. The second kappa shape index (κ2) is 73.5. The Morgan fingerprint density at radius 2 is 0.587 bits per heavy atom. The van der Waals surface area contributed by atoms with Crippen LogP contribution < -0.4 is 4.89 Å². The Bertz CT molecular complexity index is 1640. The van der Waals surface area contributed by atoms with Crippen molar-refractivity contribution in [1.29, 1.82) is 0 Å². The summed E-state index contributed by atoms with van der Waals surface area (Å²) in [5.74, 6) is -0.805. The lowest BCUT2D eigenvalue weighted by Gasteiger charge is -2.28. The molecule has 0 N–H and O–H groups in total. The number of nitrogens with zero attached hydrogens (tertiary/aromatic N) is 1. The number of carbonyl (C=O) groups is 2. The molecule has 0 rings (SSSR count). The van der Waals surface area contributed by atoms with Gasteiger partial charge in [-0.3, -0.25) is 14.2 Å². The zero-order valence-electron chi connectivity index (χ0n) is 62.3. The van der Waals surface area contributed by atoms with E-state index in [1.54, 1.807) is 0 Å². The van der Waals surface area contributed by atoms with Gasteiger partial charge in [0, 0.05) is 12.8 Å². The number of ether oxygens (including phenoxy) is 2. The normalized spacial score (nSPS) is 13.2. The van der Waals surface area contributed by atoms with Gasteiger partial charge in [0.25, 0.3) is 7.82 Å². The highest BCUT2D eigenvalue weighted by Crippen LogP contribution is 2.38. The van der Waals surface area contributed by atoms with Crippen molar-refractivity contribution in [3.8, 4) is 0 Å². The standard InChI is InChI=1S/C82H158NO8P/c1-6-8-10-12-14-16-18-20-22-24-26-28-30-32-34-36-37-38-39-40-41-42-43-44-45-47-49-51-53-55-57-59-61-63-65-67-69-71-73-75-82(85)91-80(79-90-92(86,87)89-77-76-83(3,4)5)78-88-81(84)74-72-70-68-66-64-62-60-58-56-54-52-50-48-46-35-33-31-29-27-25-23-21-19-17-15-13-11-9-7-2/h18,20,24,26,30,32,80H,6-17,19,21-23,25,27-29,31,33-79H2,1-5H3/b20-18-,26-24-,32-30-. The molecule has 0 aromatic heterocycles. The largest absolute Gasteiger partial charge is 0.756 e. The Labute approximate surface area is 573 Å². The quantitative estimate of drug-likeness (QED) is 0.0195. The third-order valence-electron chi connectivity index (χ3n) is 18.7. The van der Waals surface area contributed by atoms with Crippen molar-refractivity contribution in [3.63, 3.8) is 0 Å². The molecular weight excluding hydrogens is 1160 g/mol. The molecule has 0 aromatic rings. The summed E-state index contributed by atoms with van der Waals surface area (Å²) in [7, 11) is 1.19. The highest BCUT2D eigenvalue weighted by atomic mass is 31.2. The Hall–Kier alpha value is -1.77. The van der Waals surface area contributed by atoms with E-state index in [2.05, 4.69) is 50.3 Å². The number of allylic oxidation sites excluding steroid dienone is 6. The first-order valence-corrected chi connectivity index (χ1v) is 42.2. The fourth-order valence-electron chi connectivity index (χ4n) is 12.4. The molecule has 92 heavy (non-hydrogen) atoms. The van der Waals surface area contributed by atoms with E-state index in [1.165, 1.54) is 347 Å². The highest BCUT2D eigenvalue weighted by molar-refractivity contribution is 7.45. The van der Waals surface area contributed by atoms with E-state index in [0.29, 0.717) is 17.4 Å². The van der Waals surface area contributed by atoms with Crippen LogP contribution in [0.1, 0.15) is 425 Å². The molecule has 0 amide bonds. The van der Waals surface area contributed by atoms with Crippen molar-refractivity contribution in [2.75, 3.05) is 47.5 Å². The first kappa shape index (κ1) is 90.2. The Morgan fingerprint density at radius 1 is 0.337 bits per heavy atom. The maximum Gasteiger partial charge on any atom is 0.306 e. The van der Waals surface area contributed by atoms with Crippen LogP contribution in [0.4, 0.5) is 0 Å². The van der Waals surface area contributed by atoms with Gasteiger partial charge >= 0.3 is 11.9 Å². The van der Waals surface area contributed by atoms with E-state index in [0.717, 1.165) is 44.9 Å². The van der Waals surface area contributed by atoms with Crippen LogP contribution in [0.3, 0.4) is 0 Å². The minimum atomic E-state index is -4.64. The first-order valence-electron chi connectivity index (χ1n) is 40.7. The fraction of sp³-hybridized carbons (Fsp3) is 0.902. The van der Waals surface area contributed by atoms with E-state index in [4.69, 9.17) is 18.5 Å². The zero-order chi connectivity index (χ0) is 66.9. The number of phosphoric acid groups is 1. The Balaban J connectivity index is 3.89. The van der Waals surface area contributed by atoms with Gasteiger partial charge < -0.3 is 27.9 Å². The molecule has 0 aliphatic heterocycles. The van der Waals surface area contributed by atoms with E-state index in [1.807, 2.05) is 21.1 Å². The van der Waals surface area contributed by atoms with Crippen LogP contribution in [0.2, 0.25) is 0 Å². The minimum Gasteiger partial charge on any atom is -0.756 e. The molecule has 0 aliphatic rings. The molecule has 0 spiro atoms. The number of hydrogen-bond acceptors (Lipinski definition) is 8. The summed E-state index contributed by atoms with van der Waals surface area (Å²) in [4.78, 5) is 38.2. The molecule has 0 radical (unpaired) electrons. The van der Waals surface area contributed by atoms with Crippen LogP contribution in [-0.2, 0) is 32.7 Å². The van der Waals surface area contributed by atoms with E-state index >= 15 is 0 Å². The molecule has 10 heteroatoms. The summed E-state index contributed by atoms with van der Waals surface area (Å²) in [6, 6.07) is 0. The third-order valence-corrected chi connectivity index (χ3v) is 19.6. The summed E-state index contributed by atoms with van der Waals surface area (Å²) < 4.78 is 34.4. The molecular formula is C82H158NO8P. The van der Waals surface area contributed by atoms with Crippen molar-refractivity contribution in [2.24, 2.45) is 0 Å². The van der Waals surface area contributed by atoms with Crippen LogP contribution in [0, 0.1) is 0 Å². The van der Waals surface area contributed by atoms with Gasteiger partial charge in [-0.15, -0.1) is 0 Å². The lowest BCUT2D eigenvalue weighted by molar-refractivity contribution is -0.870. The number of carbonyl (C=O) groups excluding carboxylic acids is 2. The minimum absolute atomic E-state index is 0.0267. The predicted molar refractivity (Wildman–Crippen MR) is 398 cm³/mol. The molecule has 0 saturated carbocycles. The number of quaternary nitrogens is 1. The summed E-state index contributed by atoms with van der Waals surface area (Å²) in [6.45, 7) is 4.32. The van der Waals surface area contributed by atoms with E-state index in [9.17, 15) is 19.0 Å². The molecule has 0 aliphatic carbocycles. The van der Waals surface area contributed by atoms with Gasteiger partial charge in [-0.25, -0.2) is 0 Å². The Kier molecular flexibility index (Phi) is 72.1. The molecule has 0 bridgehead atoms. The van der Waals surface area contributed by atoms with E-state index < -0.39 is 26.5 Å². The number of hydrogen-bond donors (Lipinski definition) is 0. The molecule has 0 aromatic carbocycles. The number of rotatable bonds is 77. The van der Waals surface area contributed by atoms with E-state index in [-0.39, 0.29) is 32.0 Å². The van der Waals surface area contributed by atoms with Gasteiger partial charge in [-0.2, -0.15) is 0 Å². The highest BCUT2D eigenvalue weighted by Gasteiger charge is 2.22. The van der Waals surface area contributed by atoms with Crippen LogP contribution in [0.25, 0.3) is 0 Å². The molecule has 2 unspecified atom stereocenters. The maximum absolute atomic E-state index is 12.9. The SMILES string of the molecule is CCCCCCC/C=C\C/C=C\C/C=C\CCCCCCCCCCCCCCCCCCCCCCCCCCC(=O)OC(COC(=O)CCCCCCCCCCCCCCCCCCCCCCCCCCCCCCC)COP(=O)([O-])OCC[N+](C)(C)C. The van der Waals surface area contributed by atoms with Crippen LogP contribution >= 0.6 is 7.82 Å². The maximum atomic E-state index is 12.9. The van der Waals surface area contributed by atoms with Gasteiger partial charge in [-0.1, -0.05) is 397 Å². The lowest BCUT2D eigenvalue weighted by atomic mass is 10.0. The molecule has 9 nitrogen and oxygen atoms in total. The fourth-order valence-corrected chi connectivity index (χ4v) is 13.2. The molecule has 0 saturated heterocycles. The van der Waals surface area contributed by atoms with Crippen LogP contribution in [0.5, 0.6) is 0 Å². The van der Waals surface area contributed by atoms with Gasteiger partial charge in [0.2, 0.25) is 0 Å². The second-order valence-corrected chi connectivity index (χ2v) is 30.6. The van der Waals surface area contributed by atoms with Crippen molar-refractivity contribution < 1.29 is 42.1 Å². The number of unbranched alkanes of at least 4 members (excludes halogenated alkanes) is 57. The van der Waals surface area contributed by atoms with Gasteiger partial charge in [0.05, 0.1) is 27.7 Å². The average Bonchev–Trinajstić information content (AvgIpc) is 2.14. The number of esters is 2. The van der Waals surface area contributed by atoms with Crippen LogP contribution in [0.15, 0.2) is 36.5 Å². The number of phosphoric ester groups is 1. The summed E-state index contributed by atoms with van der Waals surface area (Å²) in [5, 5.41) is 0. The molecule has 0 heterocycles. The smallest absolute Gasteiger partial charge is 0.306 e. The van der Waals surface area contributed by atoms with Gasteiger partial charge in [-0.05, 0) is 51.4 Å². The summed E-state index contributed by atoms with van der Waals surface area (Å²) >= 11 is 0. The molecule has 0 fully saturated rings. The van der Waals surface area contributed by atoms with Gasteiger partial charge in [0.15, 0.2) is 6.10 Å². The second-order valence-electron chi connectivity index (χ2n) is 29.1. The van der Waals surface area contributed by atoms with Crippen molar-refractivity contribution in [3.05, 3.63) is 36.5 Å². The third kappa shape index (κ3) is 77.2. The number of likely N-dealkylation sites (N-methyl/N-ethyl adjacent to an activating group) is 1. The lowest BCUT2D eigenvalue weighted by Crippen LogP contribution is -2.37. The monoisotopic (exact) mass is 1320 g/mol. The predicted octanol–water partition coefficient (Wildman–Crippen LogP) is 26.3.